The van der Waals surface area contributed by atoms with Crippen LogP contribution in [0.5, 0.6) is 0 Å². The van der Waals surface area contributed by atoms with E-state index in [1.165, 1.54) is 5.57 Å². The van der Waals surface area contributed by atoms with E-state index in [-0.39, 0.29) is 5.43 Å². The van der Waals surface area contributed by atoms with Crippen LogP contribution >= 0.6 is 0 Å². The predicted octanol–water partition coefficient (Wildman–Crippen LogP) is 6.04. The lowest BCUT2D eigenvalue weighted by Gasteiger charge is -2.06. The van der Waals surface area contributed by atoms with Crippen molar-refractivity contribution in [2.45, 2.75) is 33.6 Å². The van der Waals surface area contributed by atoms with Crippen LogP contribution in [0.4, 0.5) is 0 Å². The summed E-state index contributed by atoms with van der Waals surface area (Å²) in [5.74, 6) is 0.573. The maximum absolute atomic E-state index is 12.9. The zero-order valence-corrected chi connectivity index (χ0v) is 15.1. The molecule has 128 valence electrons. The molecule has 25 heavy (non-hydrogen) atoms. The van der Waals surface area contributed by atoms with Crippen molar-refractivity contribution < 1.29 is 4.42 Å². The smallest absolute Gasteiger partial charge is 0.200 e. The highest BCUT2D eigenvalue weighted by Gasteiger charge is 2.10. The molecule has 0 N–H and O–H groups in total. The third-order valence-corrected chi connectivity index (χ3v) is 4.32. The summed E-state index contributed by atoms with van der Waals surface area (Å²) in [6.45, 7) is 6.48. The molecule has 2 aromatic carbocycles. The molecule has 2 nitrogen and oxygen atoms in total. The van der Waals surface area contributed by atoms with Crippen molar-refractivity contribution in [1.82, 2.24) is 0 Å². The number of allylic oxidation sites excluding steroid dienone is 4. The molecule has 0 aliphatic heterocycles. The number of benzene rings is 2. The molecule has 0 amide bonds. The van der Waals surface area contributed by atoms with E-state index in [1.54, 1.807) is 0 Å². The summed E-state index contributed by atoms with van der Waals surface area (Å²) in [6.07, 6.45) is 8.31. The first kappa shape index (κ1) is 17.2. The summed E-state index contributed by atoms with van der Waals surface area (Å²) in [4.78, 5) is 12.9. The Bertz CT molecular complexity index is 1000. The fourth-order valence-electron chi connectivity index (χ4n) is 2.98. The van der Waals surface area contributed by atoms with Crippen molar-refractivity contribution in [3.8, 4) is 0 Å². The van der Waals surface area contributed by atoms with Gasteiger partial charge in [-0.1, -0.05) is 61.9 Å². The third-order valence-electron chi connectivity index (χ3n) is 4.32. The van der Waals surface area contributed by atoms with E-state index in [1.807, 2.05) is 42.5 Å². The van der Waals surface area contributed by atoms with Gasteiger partial charge in [-0.05, 0) is 49.4 Å². The SMILES string of the molecule is CC(=CCc1cccc2oc3ccccc3c(=O)c12)CC=CC(C)C. The van der Waals surface area contributed by atoms with Gasteiger partial charge in [0.15, 0.2) is 0 Å². The normalized spacial score (nSPS) is 12.7. The van der Waals surface area contributed by atoms with Gasteiger partial charge in [0.2, 0.25) is 5.43 Å². The van der Waals surface area contributed by atoms with E-state index in [9.17, 15) is 4.79 Å². The molecule has 3 rings (SSSR count). The molecule has 1 heterocycles. The Labute approximate surface area is 148 Å². The Morgan fingerprint density at radius 2 is 1.84 bits per heavy atom. The molecule has 0 aliphatic rings. The molecule has 0 spiro atoms. The van der Waals surface area contributed by atoms with Gasteiger partial charge >= 0.3 is 0 Å². The number of para-hydroxylation sites is 1. The van der Waals surface area contributed by atoms with Crippen LogP contribution in [-0.4, -0.2) is 0 Å². The van der Waals surface area contributed by atoms with E-state index in [4.69, 9.17) is 4.42 Å². The Balaban J connectivity index is 1.97. The lowest BCUT2D eigenvalue weighted by Crippen LogP contribution is -2.05. The topological polar surface area (TPSA) is 30.2 Å². The largest absolute Gasteiger partial charge is 0.456 e. The fourth-order valence-corrected chi connectivity index (χ4v) is 2.98. The van der Waals surface area contributed by atoms with E-state index in [0.29, 0.717) is 27.9 Å². The second-order valence-electron chi connectivity index (χ2n) is 6.85. The highest BCUT2D eigenvalue weighted by atomic mass is 16.3. The first-order chi connectivity index (χ1) is 12.1. The summed E-state index contributed by atoms with van der Waals surface area (Å²) >= 11 is 0. The molecule has 3 aromatic rings. The summed E-state index contributed by atoms with van der Waals surface area (Å²) in [7, 11) is 0. The Hall–Kier alpha value is -2.61. The first-order valence-corrected chi connectivity index (χ1v) is 8.82. The maximum Gasteiger partial charge on any atom is 0.200 e. The van der Waals surface area contributed by atoms with Crippen LogP contribution < -0.4 is 5.43 Å². The van der Waals surface area contributed by atoms with Gasteiger partial charge in [-0.15, -0.1) is 0 Å². The van der Waals surface area contributed by atoms with E-state index in [0.717, 1.165) is 18.4 Å². The van der Waals surface area contributed by atoms with Crippen molar-refractivity contribution in [3.05, 3.63) is 82.1 Å². The van der Waals surface area contributed by atoms with E-state index >= 15 is 0 Å². The van der Waals surface area contributed by atoms with Gasteiger partial charge in [-0.25, -0.2) is 0 Å². The number of hydrogen-bond donors (Lipinski definition) is 0. The highest BCUT2D eigenvalue weighted by Crippen LogP contribution is 2.22. The van der Waals surface area contributed by atoms with Crippen molar-refractivity contribution in [3.63, 3.8) is 0 Å². The zero-order valence-electron chi connectivity index (χ0n) is 15.1. The van der Waals surface area contributed by atoms with Crippen molar-refractivity contribution >= 4 is 21.9 Å². The second-order valence-corrected chi connectivity index (χ2v) is 6.85. The molecule has 0 saturated heterocycles. The van der Waals surface area contributed by atoms with Crippen LogP contribution in [0.2, 0.25) is 0 Å². The minimum absolute atomic E-state index is 0.0539. The van der Waals surface area contributed by atoms with Crippen LogP contribution in [0.25, 0.3) is 21.9 Å². The second kappa shape index (κ2) is 7.52. The van der Waals surface area contributed by atoms with Gasteiger partial charge in [-0.2, -0.15) is 0 Å². The molecule has 0 bridgehead atoms. The van der Waals surface area contributed by atoms with Crippen LogP contribution in [0, 0.1) is 5.92 Å². The molecular formula is C23H24O2. The van der Waals surface area contributed by atoms with Crippen LogP contribution in [0.15, 0.2) is 75.5 Å². The molecule has 1 aromatic heterocycles. The van der Waals surface area contributed by atoms with Crippen LogP contribution in [0.1, 0.15) is 32.8 Å². The summed E-state index contributed by atoms with van der Waals surface area (Å²) in [6, 6.07) is 13.3. The van der Waals surface area contributed by atoms with E-state index < -0.39 is 0 Å². The molecular weight excluding hydrogens is 308 g/mol. The molecule has 0 atom stereocenters. The minimum Gasteiger partial charge on any atom is -0.456 e. The lowest BCUT2D eigenvalue weighted by atomic mass is 10.0. The average molecular weight is 332 g/mol. The standard InChI is InChI=1S/C23H24O2/c1-16(2)8-6-9-17(3)14-15-18-10-7-13-21-22(18)23(24)19-11-4-5-12-20(19)25-21/h4-8,10-14,16H,9,15H2,1-3H3. The number of fused-ring (bicyclic) bond motifs is 2. The molecule has 0 aliphatic carbocycles. The van der Waals surface area contributed by atoms with E-state index in [2.05, 4.69) is 39.0 Å². The summed E-state index contributed by atoms with van der Waals surface area (Å²) in [5.41, 5.74) is 3.68. The van der Waals surface area contributed by atoms with Gasteiger partial charge in [0, 0.05) is 0 Å². The molecule has 0 fully saturated rings. The fraction of sp³-hybridized carbons (Fsp3) is 0.261. The monoisotopic (exact) mass is 332 g/mol. The quantitative estimate of drug-likeness (QED) is 0.421. The average Bonchev–Trinajstić information content (AvgIpc) is 2.59. The predicted molar refractivity (Wildman–Crippen MR) is 106 cm³/mol. The van der Waals surface area contributed by atoms with Gasteiger partial charge < -0.3 is 4.42 Å². The highest BCUT2D eigenvalue weighted by molar-refractivity contribution is 5.91. The Morgan fingerprint density at radius 3 is 2.64 bits per heavy atom. The molecule has 0 saturated carbocycles. The summed E-state index contributed by atoms with van der Waals surface area (Å²) in [5, 5.41) is 1.34. The van der Waals surface area contributed by atoms with Crippen molar-refractivity contribution in [2.24, 2.45) is 5.92 Å². The molecule has 0 radical (unpaired) electrons. The maximum atomic E-state index is 12.9. The Morgan fingerprint density at radius 1 is 1.08 bits per heavy atom. The molecule has 2 heteroatoms. The minimum atomic E-state index is 0.0539. The number of rotatable bonds is 5. The Kier molecular flexibility index (Phi) is 5.18. The summed E-state index contributed by atoms with van der Waals surface area (Å²) < 4.78 is 5.93. The number of hydrogen-bond acceptors (Lipinski definition) is 2. The lowest BCUT2D eigenvalue weighted by molar-refractivity contribution is 0.659. The third kappa shape index (κ3) is 3.90. The van der Waals surface area contributed by atoms with Crippen LogP contribution in [-0.2, 0) is 6.42 Å². The van der Waals surface area contributed by atoms with Gasteiger partial charge in [0.25, 0.3) is 0 Å². The van der Waals surface area contributed by atoms with Gasteiger partial charge in [0.1, 0.15) is 11.2 Å². The first-order valence-electron chi connectivity index (χ1n) is 8.82. The van der Waals surface area contributed by atoms with Gasteiger partial charge in [-0.3, -0.25) is 4.79 Å². The molecule has 0 unspecified atom stereocenters. The van der Waals surface area contributed by atoms with Crippen molar-refractivity contribution in [1.29, 1.82) is 0 Å². The van der Waals surface area contributed by atoms with Crippen molar-refractivity contribution in [2.75, 3.05) is 0 Å². The zero-order chi connectivity index (χ0) is 17.8. The van der Waals surface area contributed by atoms with Crippen LogP contribution in [0.3, 0.4) is 0 Å². The van der Waals surface area contributed by atoms with Gasteiger partial charge in [0.05, 0.1) is 10.8 Å².